The molecule has 2 fully saturated rings. The Hall–Kier alpha value is -1.66. The van der Waals surface area contributed by atoms with E-state index < -0.39 is 6.04 Å². The van der Waals surface area contributed by atoms with Crippen LogP contribution >= 0.6 is 11.6 Å². The molecule has 3 heterocycles. The first-order valence-electron chi connectivity index (χ1n) is 7.84. The maximum absolute atomic E-state index is 12.8. The van der Waals surface area contributed by atoms with E-state index in [1.165, 1.54) is 12.4 Å². The van der Waals surface area contributed by atoms with Gasteiger partial charge >= 0.3 is 0 Å². The Balaban J connectivity index is 1.84. The van der Waals surface area contributed by atoms with Crippen LogP contribution in [0.1, 0.15) is 29.6 Å². The SMILES string of the molecule is CO[C@H]1C[C@@H](C(=O)N2CCCC2)N(C(=O)c2ccncc2Cl)C1. The highest BCUT2D eigenvalue weighted by Gasteiger charge is 2.42. The van der Waals surface area contributed by atoms with Crippen molar-refractivity contribution in [3.63, 3.8) is 0 Å². The Morgan fingerprint density at radius 2 is 2.09 bits per heavy atom. The third kappa shape index (κ3) is 3.19. The number of likely N-dealkylation sites (tertiary alicyclic amines) is 2. The molecule has 0 unspecified atom stereocenters. The normalized spacial score (nSPS) is 24.3. The monoisotopic (exact) mass is 337 g/mol. The quantitative estimate of drug-likeness (QED) is 0.840. The van der Waals surface area contributed by atoms with E-state index in [0.29, 0.717) is 23.6 Å². The molecule has 124 valence electrons. The molecule has 2 atom stereocenters. The van der Waals surface area contributed by atoms with Crippen LogP contribution in [0.3, 0.4) is 0 Å². The van der Waals surface area contributed by atoms with Gasteiger partial charge in [0.05, 0.1) is 16.7 Å². The molecule has 0 bridgehead atoms. The summed E-state index contributed by atoms with van der Waals surface area (Å²) in [5.41, 5.74) is 0.373. The lowest BCUT2D eigenvalue weighted by Gasteiger charge is -2.27. The number of methoxy groups -OCH3 is 1. The Bertz CT molecular complexity index is 604. The van der Waals surface area contributed by atoms with Crippen molar-refractivity contribution in [1.82, 2.24) is 14.8 Å². The molecular weight excluding hydrogens is 318 g/mol. The average molecular weight is 338 g/mol. The Morgan fingerprint density at radius 3 is 2.74 bits per heavy atom. The largest absolute Gasteiger partial charge is 0.380 e. The lowest BCUT2D eigenvalue weighted by Crippen LogP contribution is -2.47. The van der Waals surface area contributed by atoms with Gasteiger partial charge in [0.1, 0.15) is 6.04 Å². The first kappa shape index (κ1) is 16.2. The van der Waals surface area contributed by atoms with Crippen molar-refractivity contribution >= 4 is 23.4 Å². The van der Waals surface area contributed by atoms with Crippen molar-refractivity contribution in [3.05, 3.63) is 29.0 Å². The molecule has 7 heteroatoms. The Morgan fingerprint density at radius 1 is 1.35 bits per heavy atom. The van der Waals surface area contributed by atoms with Crippen LogP contribution in [-0.2, 0) is 9.53 Å². The lowest BCUT2D eigenvalue weighted by molar-refractivity contribution is -0.134. The summed E-state index contributed by atoms with van der Waals surface area (Å²) in [6, 6.07) is 1.11. The Labute approximate surface area is 140 Å². The van der Waals surface area contributed by atoms with Crippen molar-refractivity contribution in [2.75, 3.05) is 26.7 Å². The molecule has 0 N–H and O–H groups in total. The zero-order chi connectivity index (χ0) is 16.4. The number of carbonyl (C=O) groups is 2. The van der Waals surface area contributed by atoms with E-state index in [1.807, 2.05) is 4.90 Å². The zero-order valence-electron chi connectivity index (χ0n) is 13.1. The number of halogens is 1. The number of carbonyl (C=O) groups excluding carboxylic acids is 2. The van der Waals surface area contributed by atoms with Crippen LogP contribution in [0.2, 0.25) is 5.02 Å². The molecule has 0 saturated carbocycles. The maximum atomic E-state index is 12.8. The van der Waals surface area contributed by atoms with Crippen molar-refractivity contribution in [3.8, 4) is 0 Å². The highest BCUT2D eigenvalue weighted by atomic mass is 35.5. The molecule has 2 saturated heterocycles. The van der Waals surface area contributed by atoms with Gasteiger partial charge in [-0.15, -0.1) is 0 Å². The summed E-state index contributed by atoms with van der Waals surface area (Å²) in [7, 11) is 1.61. The molecule has 0 spiro atoms. The second-order valence-electron chi connectivity index (χ2n) is 5.95. The fourth-order valence-corrected chi connectivity index (χ4v) is 3.48. The molecule has 0 aromatic carbocycles. The molecule has 2 amide bonds. The fourth-order valence-electron chi connectivity index (χ4n) is 3.28. The van der Waals surface area contributed by atoms with E-state index in [-0.39, 0.29) is 17.9 Å². The minimum atomic E-state index is -0.477. The van der Waals surface area contributed by atoms with Crippen LogP contribution in [-0.4, -0.2) is 65.5 Å². The van der Waals surface area contributed by atoms with Crippen LogP contribution in [0.25, 0.3) is 0 Å². The van der Waals surface area contributed by atoms with Crippen LogP contribution in [0.4, 0.5) is 0 Å². The van der Waals surface area contributed by atoms with Gasteiger partial charge in [0.25, 0.3) is 5.91 Å². The van der Waals surface area contributed by atoms with E-state index in [1.54, 1.807) is 18.1 Å². The summed E-state index contributed by atoms with van der Waals surface area (Å²) in [5, 5.41) is 0.297. The molecule has 2 aliphatic rings. The van der Waals surface area contributed by atoms with Crippen molar-refractivity contribution in [2.24, 2.45) is 0 Å². The van der Waals surface area contributed by atoms with E-state index in [0.717, 1.165) is 25.9 Å². The molecule has 0 aliphatic carbocycles. The van der Waals surface area contributed by atoms with Gasteiger partial charge in [-0.05, 0) is 18.9 Å². The first-order valence-corrected chi connectivity index (χ1v) is 8.21. The molecule has 23 heavy (non-hydrogen) atoms. The summed E-state index contributed by atoms with van der Waals surface area (Å²) in [4.78, 5) is 33.0. The molecule has 0 radical (unpaired) electrons. The Kier molecular flexibility index (Phi) is 4.82. The van der Waals surface area contributed by atoms with Crippen molar-refractivity contribution in [2.45, 2.75) is 31.4 Å². The topological polar surface area (TPSA) is 62.7 Å². The summed E-state index contributed by atoms with van der Waals surface area (Å²) < 4.78 is 5.39. The van der Waals surface area contributed by atoms with E-state index >= 15 is 0 Å². The van der Waals surface area contributed by atoms with E-state index in [4.69, 9.17) is 16.3 Å². The van der Waals surface area contributed by atoms with Crippen LogP contribution in [0.5, 0.6) is 0 Å². The van der Waals surface area contributed by atoms with Crippen LogP contribution < -0.4 is 0 Å². The fraction of sp³-hybridized carbons (Fsp3) is 0.562. The van der Waals surface area contributed by atoms with Crippen LogP contribution in [0, 0.1) is 0 Å². The number of rotatable bonds is 3. The first-order chi connectivity index (χ1) is 11.1. The van der Waals surface area contributed by atoms with Gasteiger partial charge in [0, 0.05) is 45.6 Å². The minimum Gasteiger partial charge on any atom is -0.380 e. The third-order valence-electron chi connectivity index (χ3n) is 4.56. The summed E-state index contributed by atoms with van der Waals surface area (Å²) in [6.07, 6.45) is 5.42. The molecule has 1 aromatic rings. The summed E-state index contributed by atoms with van der Waals surface area (Å²) >= 11 is 6.09. The third-order valence-corrected chi connectivity index (χ3v) is 4.86. The second kappa shape index (κ2) is 6.84. The van der Waals surface area contributed by atoms with E-state index in [2.05, 4.69) is 4.98 Å². The lowest BCUT2D eigenvalue weighted by atomic mass is 10.1. The standard InChI is InChI=1S/C16H20ClN3O3/c1-23-11-8-14(16(22)19-6-2-3-7-19)20(10-11)15(21)12-4-5-18-9-13(12)17/h4-5,9,11,14H,2-3,6-8,10H2,1H3/t11-,14-/m0/s1. The number of nitrogens with zero attached hydrogens (tertiary/aromatic N) is 3. The predicted octanol–water partition coefficient (Wildman–Crippen LogP) is 1.59. The number of aromatic nitrogens is 1. The average Bonchev–Trinajstić information content (AvgIpc) is 3.23. The number of amides is 2. The molecule has 3 rings (SSSR count). The maximum Gasteiger partial charge on any atom is 0.256 e. The smallest absolute Gasteiger partial charge is 0.256 e. The van der Waals surface area contributed by atoms with Gasteiger partial charge in [0.2, 0.25) is 5.91 Å². The molecule has 1 aromatic heterocycles. The molecule has 6 nitrogen and oxygen atoms in total. The van der Waals surface area contributed by atoms with Gasteiger partial charge in [-0.2, -0.15) is 0 Å². The number of hydrogen-bond donors (Lipinski definition) is 0. The van der Waals surface area contributed by atoms with Crippen molar-refractivity contribution in [1.29, 1.82) is 0 Å². The van der Waals surface area contributed by atoms with Crippen molar-refractivity contribution < 1.29 is 14.3 Å². The highest BCUT2D eigenvalue weighted by Crippen LogP contribution is 2.27. The van der Waals surface area contributed by atoms with Gasteiger partial charge in [-0.1, -0.05) is 11.6 Å². The highest BCUT2D eigenvalue weighted by molar-refractivity contribution is 6.33. The van der Waals surface area contributed by atoms with Gasteiger partial charge in [-0.25, -0.2) is 0 Å². The number of hydrogen-bond acceptors (Lipinski definition) is 4. The summed E-state index contributed by atoms with van der Waals surface area (Å²) in [5.74, 6) is -0.227. The van der Waals surface area contributed by atoms with Gasteiger partial charge < -0.3 is 14.5 Å². The van der Waals surface area contributed by atoms with Gasteiger partial charge in [0.15, 0.2) is 0 Å². The molecule has 2 aliphatic heterocycles. The van der Waals surface area contributed by atoms with Gasteiger partial charge in [-0.3, -0.25) is 14.6 Å². The second-order valence-corrected chi connectivity index (χ2v) is 6.36. The molecular formula is C16H20ClN3O3. The minimum absolute atomic E-state index is 0.0144. The number of ether oxygens (including phenoxy) is 1. The van der Waals surface area contributed by atoms with E-state index in [9.17, 15) is 9.59 Å². The number of pyridine rings is 1. The zero-order valence-corrected chi connectivity index (χ0v) is 13.8. The summed E-state index contributed by atoms with van der Waals surface area (Å²) in [6.45, 7) is 1.94. The predicted molar refractivity (Wildman–Crippen MR) is 85.3 cm³/mol. The van der Waals surface area contributed by atoms with Crippen LogP contribution in [0.15, 0.2) is 18.5 Å².